The van der Waals surface area contributed by atoms with Gasteiger partial charge >= 0.3 is 0 Å². The van der Waals surface area contributed by atoms with Crippen molar-refractivity contribution in [1.29, 1.82) is 0 Å². The molecule has 0 N–H and O–H groups in total. The zero-order valence-corrected chi connectivity index (χ0v) is 10.0. The molecule has 1 aromatic heterocycles. The smallest absolute Gasteiger partial charge is 0.150 e. The highest BCUT2D eigenvalue weighted by Crippen LogP contribution is 2.34. The Balaban J connectivity index is 2.26. The topological polar surface area (TPSA) is 22.1 Å². The molecular weight excluding hydrogens is 333 g/mol. The molecule has 64 valence electrons. The van der Waals surface area contributed by atoms with Crippen molar-refractivity contribution < 1.29 is 4.74 Å². The second kappa shape index (κ2) is 3.49. The highest BCUT2D eigenvalue weighted by Gasteiger charge is 2.25. The molecule has 1 aliphatic rings. The highest BCUT2D eigenvalue weighted by molar-refractivity contribution is 14.1. The molecule has 4 heteroatoms. The van der Waals surface area contributed by atoms with Crippen LogP contribution >= 0.6 is 38.5 Å². The third-order valence-corrected chi connectivity index (χ3v) is 2.95. The Morgan fingerprint density at radius 1 is 1.50 bits per heavy atom. The van der Waals surface area contributed by atoms with Gasteiger partial charge in [0.25, 0.3) is 0 Å². The summed E-state index contributed by atoms with van der Waals surface area (Å²) in [6.45, 7) is 0. The van der Waals surface area contributed by atoms with E-state index in [-0.39, 0.29) is 0 Å². The molecule has 1 saturated carbocycles. The molecular formula is C8H7BrINO. The van der Waals surface area contributed by atoms with E-state index >= 15 is 0 Å². The summed E-state index contributed by atoms with van der Waals surface area (Å²) < 4.78 is 7.70. The Bertz CT molecular complexity index is 281. The van der Waals surface area contributed by atoms with Gasteiger partial charge in [-0.25, -0.2) is 0 Å². The van der Waals surface area contributed by atoms with Gasteiger partial charge in [-0.15, -0.1) is 0 Å². The molecule has 1 fully saturated rings. The van der Waals surface area contributed by atoms with Crippen LogP contribution in [0.4, 0.5) is 0 Å². The van der Waals surface area contributed by atoms with Crippen molar-refractivity contribution in [3.05, 3.63) is 20.4 Å². The van der Waals surface area contributed by atoms with E-state index in [1.807, 2.05) is 6.20 Å². The number of aromatic nitrogens is 1. The minimum atomic E-state index is 0.442. The summed E-state index contributed by atoms with van der Waals surface area (Å²) in [5, 5.41) is 0. The predicted molar refractivity (Wildman–Crippen MR) is 58.3 cm³/mol. The molecule has 1 aromatic rings. The minimum Gasteiger partial charge on any atom is -0.488 e. The van der Waals surface area contributed by atoms with Crippen molar-refractivity contribution in [3.8, 4) is 5.75 Å². The lowest BCUT2D eigenvalue weighted by atomic mass is 10.4. The van der Waals surface area contributed by atoms with E-state index in [2.05, 4.69) is 43.5 Å². The third kappa shape index (κ3) is 1.90. The molecule has 0 bridgehead atoms. The standard InChI is InChI=1S/C8H7BrINO/c9-6-3-11-4-7(10)8(6)12-5-1-2-5/h3-5H,1-2H2. The Morgan fingerprint density at radius 3 is 2.83 bits per heavy atom. The maximum absolute atomic E-state index is 5.69. The number of hydrogen-bond donors (Lipinski definition) is 0. The molecule has 0 saturated heterocycles. The van der Waals surface area contributed by atoms with Crippen molar-refractivity contribution >= 4 is 38.5 Å². The lowest BCUT2D eigenvalue weighted by Crippen LogP contribution is -1.99. The van der Waals surface area contributed by atoms with Gasteiger partial charge in [-0.3, -0.25) is 4.98 Å². The van der Waals surface area contributed by atoms with E-state index < -0.39 is 0 Å². The quantitative estimate of drug-likeness (QED) is 0.773. The van der Waals surface area contributed by atoms with Gasteiger partial charge in [-0.05, 0) is 51.4 Å². The van der Waals surface area contributed by atoms with Crippen molar-refractivity contribution in [1.82, 2.24) is 4.98 Å². The average molecular weight is 340 g/mol. The summed E-state index contributed by atoms with van der Waals surface area (Å²) in [7, 11) is 0. The molecule has 0 aromatic carbocycles. The fraction of sp³-hybridized carbons (Fsp3) is 0.375. The van der Waals surface area contributed by atoms with Gasteiger partial charge in [0.1, 0.15) is 5.75 Å². The first kappa shape index (κ1) is 8.74. The van der Waals surface area contributed by atoms with Crippen LogP contribution in [-0.2, 0) is 0 Å². The van der Waals surface area contributed by atoms with Crippen LogP contribution in [0.5, 0.6) is 5.75 Å². The van der Waals surface area contributed by atoms with E-state index in [0.717, 1.165) is 13.8 Å². The van der Waals surface area contributed by atoms with E-state index in [1.54, 1.807) is 6.20 Å². The van der Waals surface area contributed by atoms with E-state index in [9.17, 15) is 0 Å². The van der Waals surface area contributed by atoms with Crippen LogP contribution in [0.1, 0.15) is 12.8 Å². The van der Waals surface area contributed by atoms with E-state index in [1.165, 1.54) is 12.8 Å². The first-order valence-electron chi connectivity index (χ1n) is 3.73. The van der Waals surface area contributed by atoms with Crippen LogP contribution in [0.3, 0.4) is 0 Å². The summed E-state index contributed by atoms with van der Waals surface area (Å²) in [6.07, 6.45) is 6.38. The van der Waals surface area contributed by atoms with E-state index in [4.69, 9.17) is 4.74 Å². The fourth-order valence-electron chi connectivity index (χ4n) is 0.865. The summed E-state index contributed by atoms with van der Waals surface area (Å²) in [6, 6.07) is 0. The van der Waals surface area contributed by atoms with Crippen molar-refractivity contribution in [3.63, 3.8) is 0 Å². The first-order valence-corrected chi connectivity index (χ1v) is 5.60. The molecule has 2 rings (SSSR count). The van der Waals surface area contributed by atoms with Gasteiger partial charge in [0.05, 0.1) is 14.1 Å². The lowest BCUT2D eigenvalue weighted by Gasteiger charge is -2.07. The maximum Gasteiger partial charge on any atom is 0.150 e. The second-order valence-corrected chi connectivity index (χ2v) is 4.77. The molecule has 0 radical (unpaired) electrons. The fourth-order valence-corrected chi connectivity index (χ4v) is 2.24. The van der Waals surface area contributed by atoms with Gasteiger partial charge in [-0.2, -0.15) is 0 Å². The molecule has 0 aliphatic heterocycles. The second-order valence-electron chi connectivity index (χ2n) is 2.75. The lowest BCUT2D eigenvalue weighted by molar-refractivity contribution is 0.298. The number of pyridine rings is 1. The van der Waals surface area contributed by atoms with Gasteiger partial charge < -0.3 is 4.74 Å². The van der Waals surface area contributed by atoms with Crippen LogP contribution in [-0.4, -0.2) is 11.1 Å². The van der Waals surface area contributed by atoms with Crippen LogP contribution in [0.2, 0.25) is 0 Å². The Hall–Kier alpha value is 0.160. The maximum atomic E-state index is 5.69. The Labute approximate surface area is 93.0 Å². The van der Waals surface area contributed by atoms with Gasteiger partial charge in [-0.1, -0.05) is 0 Å². The Kier molecular flexibility index (Phi) is 2.55. The Morgan fingerprint density at radius 2 is 2.25 bits per heavy atom. The van der Waals surface area contributed by atoms with Crippen molar-refractivity contribution in [2.45, 2.75) is 18.9 Å². The van der Waals surface area contributed by atoms with Gasteiger partial charge in [0.15, 0.2) is 0 Å². The van der Waals surface area contributed by atoms with Crippen LogP contribution in [0, 0.1) is 3.57 Å². The van der Waals surface area contributed by atoms with Gasteiger partial charge in [0.2, 0.25) is 0 Å². The highest BCUT2D eigenvalue weighted by atomic mass is 127. The zero-order chi connectivity index (χ0) is 8.55. The average Bonchev–Trinajstić information content (AvgIpc) is 2.80. The SMILES string of the molecule is Brc1cncc(I)c1OC1CC1. The molecule has 0 atom stereocenters. The molecule has 0 spiro atoms. The third-order valence-electron chi connectivity index (χ3n) is 1.62. The van der Waals surface area contributed by atoms with Crippen LogP contribution < -0.4 is 4.74 Å². The molecule has 0 amide bonds. The predicted octanol–water partition coefficient (Wildman–Crippen LogP) is 2.99. The molecule has 1 aliphatic carbocycles. The van der Waals surface area contributed by atoms with Crippen molar-refractivity contribution in [2.75, 3.05) is 0 Å². The van der Waals surface area contributed by atoms with E-state index in [0.29, 0.717) is 6.10 Å². The molecule has 2 nitrogen and oxygen atoms in total. The molecule has 12 heavy (non-hydrogen) atoms. The minimum absolute atomic E-state index is 0.442. The molecule has 0 unspecified atom stereocenters. The first-order chi connectivity index (χ1) is 5.77. The molecule has 1 heterocycles. The van der Waals surface area contributed by atoms with Gasteiger partial charge in [0, 0.05) is 12.4 Å². The summed E-state index contributed by atoms with van der Waals surface area (Å²) >= 11 is 5.64. The zero-order valence-electron chi connectivity index (χ0n) is 6.26. The summed E-state index contributed by atoms with van der Waals surface area (Å²) in [4.78, 5) is 4.04. The van der Waals surface area contributed by atoms with Crippen molar-refractivity contribution in [2.24, 2.45) is 0 Å². The number of ether oxygens (including phenoxy) is 1. The normalized spacial score (nSPS) is 16.2. The summed E-state index contributed by atoms with van der Waals surface area (Å²) in [5.74, 6) is 0.938. The van der Waals surface area contributed by atoms with Crippen LogP contribution in [0.25, 0.3) is 0 Å². The number of nitrogens with zero attached hydrogens (tertiary/aromatic N) is 1. The largest absolute Gasteiger partial charge is 0.488 e. The summed E-state index contributed by atoms with van der Waals surface area (Å²) in [5.41, 5.74) is 0. The number of rotatable bonds is 2. The monoisotopic (exact) mass is 339 g/mol. The number of hydrogen-bond acceptors (Lipinski definition) is 2. The number of halogens is 2. The van der Waals surface area contributed by atoms with Crippen LogP contribution in [0.15, 0.2) is 16.9 Å².